The molecule has 76 valence electrons. The maximum atomic E-state index is 5.55. The van der Waals surface area contributed by atoms with Crippen LogP contribution in [0.5, 0.6) is 5.88 Å². The van der Waals surface area contributed by atoms with Crippen LogP contribution in [0, 0.1) is 0 Å². The van der Waals surface area contributed by atoms with Crippen LogP contribution < -0.4 is 10.1 Å². The number of rotatable bonds is 3. The van der Waals surface area contributed by atoms with Crippen molar-refractivity contribution in [2.45, 2.75) is 25.9 Å². The number of nitrogens with one attached hydrogen (secondary N) is 1. The van der Waals surface area contributed by atoms with Crippen LogP contribution in [-0.4, -0.2) is 29.4 Å². The fraction of sp³-hybridized carbons (Fsp3) is 0.600. The van der Waals surface area contributed by atoms with E-state index in [0.29, 0.717) is 11.8 Å². The van der Waals surface area contributed by atoms with Crippen molar-refractivity contribution in [3.05, 3.63) is 17.8 Å². The number of hydrogen-bond donors (Lipinski definition) is 1. The predicted molar refractivity (Wildman–Crippen MR) is 53.4 cm³/mol. The van der Waals surface area contributed by atoms with E-state index in [1.54, 1.807) is 0 Å². The van der Waals surface area contributed by atoms with Crippen LogP contribution >= 0.6 is 0 Å². The SMILES string of the molecule is CC(C)c1ccc(OC2CNC2)nn1. The Hall–Kier alpha value is -1.16. The fourth-order valence-corrected chi connectivity index (χ4v) is 1.22. The molecule has 0 atom stereocenters. The standard InChI is InChI=1S/C10H15N3O/c1-7(2)9-3-4-10(13-12-9)14-8-5-11-6-8/h3-4,7-8,11H,5-6H2,1-2H3. The van der Waals surface area contributed by atoms with Crippen molar-refractivity contribution in [3.63, 3.8) is 0 Å². The van der Waals surface area contributed by atoms with Gasteiger partial charge in [-0.15, -0.1) is 5.10 Å². The molecule has 1 aliphatic rings. The Kier molecular flexibility index (Phi) is 2.63. The highest BCUT2D eigenvalue weighted by molar-refractivity contribution is 5.14. The average Bonchev–Trinajstić information content (AvgIpc) is 2.12. The van der Waals surface area contributed by atoms with Gasteiger partial charge in [-0.3, -0.25) is 0 Å². The highest BCUT2D eigenvalue weighted by Crippen LogP contribution is 2.14. The number of nitrogens with zero attached hydrogens (tertiary/aromatic N) is 2. The largest absolute Gasteiger partial charge is 0.471 e. The van der Waals surface area contributed by atoms with Crippen LogP contribution in [0.2, 0.25) is 0 Å². The molecule has 1 aromatic heterocycles. The topological polar surface area (TPSA) is 47.0 Å². The Bertz CT molecular complexity index is 293. The molecule has 14 heavy (non-hydrogen) atoms. The zero-order valence-corrected chi connectivity index (χ0v) is 8.53. The summed E-state index contributed by atoms with van der Waals surface area (Å²) in [6.07, 6.45) is 0.272. The maximum absolute atomic E-state index is 5.55. The minimum absolute atomic E-state index is 0.272. The molecule has 2 rings (SSSR count). The molecule has 1 aromatic rings. The zero-order valence-electron chi connectivity index (χ0n) is 8.53. The molecule has 0 amide bonds. The molecule has 1 fully saturated rings. The molecule has 0 bridgehead atoms. The van der Waals surface area contributed by atoms with Crippen LogP contribution in [0.3, 0.4) is 0 Å². The summed E-state index contributed by atoms with van der Waals surface area (Å²) in [5.74, 6) is 1.04. The first-order chi connectivity index (χ1) is 6.75. The summed E-state index contributed by atoms with van der Waals surface area (Å²) in [6, 6.07) is 3.86. The zero-order chi connectivity index (χ0) is 9.97. The monoisotopic (exact) mass is 193 g/mol. The molecule has 1 N–H and O–H groups in total. The third-order valence-corrected chi connectivity index (χ3v) is 2.28. The van der Waals surface area contributed by atoms with Gasteiger partial charge in [0.15, 0.2) is 0 Å². The van der Waals surface area contributed by atoms with Gasteiger partial charge >= 0.3 is 0 Å². The normalized spacial score (nSPS) is 16.8. The van der Waals surface area contributed by atoms with Crippen LogP contribution in [0.15, 0.2) is 12.1 Å². The Labute approximate surface area is 83.7 Å². The van der Waals surface area contributed by atoms with Gasteiger partial charge in [-0.1, -0.05) is 13.8 Å². The van der Waals surface area contributed by atoms with Crippen molar-refractivity contribution in [1.29, 1.82) is 0 Å². The van der Waals surface area contributed by atoms with E-state index < -0.39 is 0 Å². The lowest BCUT2D eigenvalue weighted by atomic mass is 10.1. The molecule has 0 aliphatic carbocycles. The van der Waals surface area contributed by atoms with Crippen LogP contribution in [0.25, 0.3) is 0 Å². The molecular weight excluding hydrogens is 178 g/mol. The lowest BCUT2D eigenvalue weighted by molar-refractivity contribution is 0.134. The summed E-state index contributed by atoms with van der Waals surface area (Å²) in [6.45, 7) is 6.02. The van der Waals surface area contributed by atoms with Gasteiger partial charge in [-0.2, -0.15) is 5.10 Å². The first-order valence-corrected chi connectivity index (χ1v) is 4.96. The van der Waals surface area contributed by atoms with Gasteiger partial charge in [-0.25, -0.2) is 0 Å². The van der Waals surface area contributed by atoms with Gasteiger partial charge in [0.25, 0.3) is 0 Å². The molecule has 4 heteroatoms. The molecule has 2 heterocycles. The number of aromatic nitrogens is 2. The summed E-state index contributed by atoms with van der Waals surface area (Å²) in [5.41, 5.74) is 1.00. The van der Waals surface area contributed by atoms with Crippen LogP contribution in [0.1, 0.15) is 25.5 Å². The minimum Gasteiger partial charge on any atom is -0.471 e. The summed E-state index contributed by atoms with van der Waals surface area (Å²) in [5, 5.41) is 11.3. The van der Waals surface area contributed by atoms with Crippen molar-refractivity contribution in [2.24, 2.45) is 0 Å². The van der Waals surface area contributed by atoms with Crippen molar-refractivity contribution in [3.8, 4) is 5.88 Å². The van der Waals surface area contributed by atoms with Crippen molar-refractivity contribution < 1.29 is 4.74 Å². The molecule has 0 spiro atoms. The molecule has 0 radical (unpaired) electrons. The second-order valence-electron chi connectivity index (χ2n) is 3.85. The Morgan fingerprint density at radius 2 is 2.14 bits per heavy atom. The van der Waals surface area contributed by atoms with E-state index in [0.717, 1.165) is 18.8 Å². The summed E-state index contributed by atoms with van der Waals surface area (Å²) >= 11 is 0. The lowest BCUT2D eigenvalue weighted by Crippen LogP contribution is -2.50. The van der Waals surface area contributed by atoms with E-state index >= 15 is 0 Å². The van der Waals surface area contributed by atoms with Gasteiger partial charge in [0.05, 0.1) is 5.69 Å². The Morgan fingerprint density at radius 1 is 1.36 bits per heavy atom. The second-order valence-corrected chi connectivity index (χ2v) is 3.85. The van der Waals surface area contributed by atoms with E-state index in [4.69, 9.17) is 4.74 Å². The molecular formula is C10H15N3O. The smallest absolute Gasteiger partial charge is 0.233 e. The second kappa shape index (κ2) is 3.92. The molecule has 1 aliphatic heterocycles. The van der Waals surface area contributed by atoms with E-state index in [9.17, 15) is 0 Å². The summed E-state index contributed by atoms with van der Waals surface area (Å²) in [4.78, 5) is 0. The molecule has 0 saturated carbocycles. The van der Waals surface area contributed by atoms with Crippen molar-refractivity contribution >= 4 is 0 Å². The van der Waals surface area contributed by atoms with Gasteiger partial charge in [0.1, 0.15) is 6.10 Å². The van der Waals surface area contributed by atoms with Gasteiger partial charge < -0.3 is 10.1 Å². The quantitative estimate of drug-likeness (QED) is 0.776. The van der Waals surface area contributed by atoms with E-state index in [-0.39, 0.29) is 6.10 Å². The lowest BCUT2D eigenvalue weighted by Gasteiger charge is -2.26. The highest BCUT2D eigenvalue weighted by Gasteiger charge is 2.18. The molecule has 4 nitrogen and oxygen atoms in total. The molecule has 0 unspecified atom stereocenters. The molecule has 1 saturated heterocycles. The predicted octanol–water partition coefficient (Wildman–Crippen LogP) is 0.951. The van der Waals surface area contributed by atoms with Gasteiger partial charge in [0, 0.05) is 19.2 Å². The van der Waals surface area contributed by atoms with Crippen molar-refractivity contribution in [2.75, 3.05) is 13.1 Å². The Morgan fingerprint density at radius 3 is 2.57 bits per heavy atom. The fourth-order valence-electron chi connectivity index (χ4n) is 1.22. The first-order valence-electron chi connectivity index (χ1n) is 4.96. The summed E-state index contributed by atoms with van der Waals surface area (Å²) in [7, 11) is 0. The highest BCUT2D eigenvalue weighted by atomic mass is 16.5. The first kappa shape index (κ1) is 9.40. The van der Waals surface area contributed by atoms with Gasteiger partial charge in [-0.05, 0) is 12.0 Å². The number of hydrogen-bond acceptors (Lipinski definition) is 4. The molecule has 0 aromatic carbocycles. The third kappa shape index (κ3) is 2.01. The average molecular weight is 193 g/mol. The van der Waals surface area contributed by atoms with Crippen LogP contribution in [0.4, 0.5) is 0 Å². The van der Waals surface area contributed by atoms with Crippen LogP contribution in [-0.2, 0) is 0 Å². The number of ether oxygens (including phenoxy) is 1. The van der Waals surface area contributed by atoms with E-state index in [1.807, 2.05) is 12.1 Å². The Balaban J connectivity index is 1.98. The van der Waals surface area contributed by atoms with Crippen molar-refractivity contribution in [1.82, 2.24) is 15.5 Å². The minimum atomic E-state index is 0.272. The summed E-state index contributed by atoms with van der Waals surface area (Å²) < 4.78 is 5.55. The van der Waals surface area contributed by atoms with E-state index in [2.05, 4.69) is 29.4 Å². The third-order valence-electron chi connectivity index (χ3n) is 2.28. The maximum Gasteiger partial charge on any atom is 0.233 e. The van der Waals surface area contributed by atoms with E-state index in [1.165, 1.54) is 0 Å². The van der Waals surface area contributed by atoms with Gasteiger partial charge in [0.2, 0.25) is 5.88 Å².